The van der Waals surface area contributed by atoms with Crippen molar-refractivity contribution < 1.29 is 9.53 Å². The van der Waals surface area contributed by atoms with Crippen LogP contribution in [0.4, 0.5) is 0 Å². The molecule has 2 aromatic rings. The molecule has 1 aromatic heterocycles. The quantitative estimate of drug-likeness (QED) is 0.869. The molecule has 0 aliphatic carbocycles. The molecule has 1 aliphatic rings. The van der Waals surface area contributed by atoms with Crippen molar-refractivity contribution in [3.05, 3.63) is 41.6 Å². The van der Waals surface area contributed by atoms with Gasteiger partial charge in [0, 0.05) is 30.6 Å². The highest BCUT2D eigenvalue weighted by Gasteiger charge is 2.16. The van der Waals surface area contributed by atoms with Gasteiger partial charge in [0.25, 0.3) is 0 Å². The first-order chi connectivity index (χ1) is 10.2. The fourth-order valence-electron chi connectivity index (χ4n) is 2.65. The molecule has 1 aliphatic heterocycles. The summed E-state index contributed by atoms with van der Waals surface area (Å²) in [4.78, 5) is 18.5. The lowest BCUT2D eigenvalue weighted by Gasteiger charge is -2.26. The summed E-state index contributed by atoms with van der Waals surface area (Å²) in [6.07, 6.45) is 1.34. The van der Waals surface area contributed by atoms with E-state index in [1.807, 2.05) is 24.0 Å². The maximum absolute atomic E-state index is 12.1. The highest BCUT2D eigenvalue weighted by Crippen LogP contribution is 2.16. The second-order valence-corrected chi connectivity index (χ2v) is 5.47. The van der Waals surface area contributed by atoms with E-state index < -0.39 is 0 Å². The molecule has 0 N–H and O–H groups in total. The monoisotopic (exact) mass is 284 g/mol. The van der Waals surface area contributed by atoms with Gasteiger partial charge in [-0.3, -0.25) is 9.78 Å². The van der Waals surface area contributed by atoms with Gasteiger partial charge in [0.05, 0.1) is 18.7 Å². The summed E-state index contributed by atoms with van der Waals surface area (Å²) in [7, 11) is 0. The number of ether oxygens (including phenoxy) is 1. The molecule has 0 bridgehead atoms. The summed E-state index contributed by atoms with van der Waals surface area (Å²) < 4.78 is 5.27. The third kappa shape index (κ3) is 3.39. The highest BCUT2D eigenvalue weighted by molar-refractivity contribution is 5.80. The Hall–Kier alpha value is -1.94. The van der Waals surface area contributed by atoms with E-state index >= 15 is 0 Å². The number of aromatic nitrogens is 1. The Balaban J connectivity index is 1.64. The van der Waals surface area contributed by atoms with Crippen molar-refractivity contribution >= 4 is 16.8 Å². The summed E-state index contributed by atoms with van der Waals surface area (Å²) in [5.41, 5.74) is 3.23. The summed E-state index contributed by atoms with van der Waals surface area (Å²) in [6, 6.07) is 10.3. The lowest BCUT2D eigenvalue weighted by Crippen LogP contribution is -2.40. The highest BCUT2D eigenvalue weighted by atomic mass is 16.5. The molecule has 1 fully saturated rings. The molecule has 21 heavy (non-hydrogen) atoms. The van der Waals surface area contributed by atoms with Crippen molar-refractivity contribution in [2.75, 3.05) is 26.3 Å². The first-order valence-corrected chi connectivity index (χ1v) is 7.44. The van der Waals surface area contributed by atoms with E-state index in [9.17, 15) is 4.79 Å². The summed E-state index contributed by atoms with van der Waals surface area (Å²) >= 11 is 0. The molecule has 1 saturated heterocycles. The maximum atomic E-state index is 12.1. The molecule has 3 rings (SSSR count). The van der Waals surface area contributed by atoms with Crippen molar-refractivity contribution in [2.24, 2.45) is 0 Å². The molecule has 1 aromatic carbocycles. The minimum atomic E-state index is 0.223. The number of rotatable bonds is 3. The Kier molecular flexibility index (Phi) is 4.15. The van der Waals surface area contributed by atoms with Crippen LogP contribution in [0.5, 0.6) is 0 Å². The number of nitrogens with zero attached hydrogens (tertiary/aromatic N) is 2. The van der Waals surface area contributed by atoms with Gasteiger partial charge in [0.15, 0.2) is 0 Å². The van der Waals surface area contributed by atoms with E-state index in [2.05, 4.69) is 23.2 Å². The van der Waals surface area contributed by atoms with Gasteiger partial charge >= 0.3 is 0 Å². The number of hydrogen-bond acceptors (Lipinski definition) is 3. The van der Waals surface area contributed by atoms with Gasteiger partial charge in [-0.25, -0.2) is 0 Å². The molecular formula is C17H20N2O2. The van der Waals surface area contributed by atoms with Crippen LogP contribution in [-0.4, -0.2) is 42.1 Å². The molecule has 1 amide bonds. The van der Waals surface area contributed by atoms with Gasteiger partial charge in [-0.1, -0.05) is 12.1 Å². The van der Waals surface area contributed by atoms with Crippen molar-refractivity contribution in [3.63, 3.8) is 0 Å². The van der Waals surface area contributed by atoms with Crippen LogP contribution in [0.1, 0.15) is 17.7 Å². The van der Waals surface area contributed by atoms with Crippen LogP contribution in [0, 0.1) is 6.92 Å². The third-order valence-electron chi connectivity index (χ3n) is 3.88. The Bertz CT molecular complexity index is 648. The Labute approximate surface area is 124 Å². The predicted molar refractivity (Wildman–Crippen MR) is 82.2 cm³/mol. The number of amides is 1. The van der Waals surface area contributed by atoms with Crippen molar-refractivity contribution in [3.8, 4) is 0 Å². The predicted octanol–water partition coefficient (Wildman–Crippen LogP) is 2.33. The smallest absolute Gasteiger partial charge is 0.223 e. The molecule has 110 valence electrons. The Morgan fingerprint density at radius 3 is 2.86 bits per heavy atom. The van der Waals surface area contributed by atoms with Crippen LogP contribution in [0.15, 0.2) is 30.3 Å². The largest absolute Gasteiger partial charge is 0.378 e. The molecule has 0 saturated carbocycles. The molecular weight excluding hydrogens is 264 g/mol. The fourth-order valence-corrected chi connectivity index (χ4v) is 2.65. The van der Waals surface area contributed by atoms with E-state index in [1.54, 1.807) is 0 Å². The van der Waals surface area contributed by atoms with Gasteiger partial charge in [-0.15, -0.1) is 0 Å². The van der Waals surface area contributed by atoms with Crippen LogP contribution >= 0.6 is 0 Å². The summed E-state index contributed by atoms with van der Waals surface area (Å²) in [6.45, 7) is 4.76. The van der Waals surface area contributed by atoms with E-state index in [0.717, 1.165) is 36.1 Å². The summed E-state index contributed by atoms with van der Waals surface area (Å²) in [5.74, 6) is 0.223. The van der Waals surface area contributed by atoms with E-state index in [4.69, 9.17) is 4.74 Å². The number of carbonyl (C=O) groups is 1. The first-order valence-electron chi connectivity index (χ1n) is 7.44. The average Bonchev–Trinajstić information content (AvgIpc) is 2.53. The normalized spacial score (nSPS) is 15.4. The summed E-state index contributed by atoms with van der Waals surface area (Å²) in [5, 5.41) is 1.14. The van der Waals surface area contributed by atoms with Gasteiger partial charge in [-0.2, -0.15) is 0 Å². The van der Waals surface area contributed by atoms with Crippen molar-refractivity contribution in [2.45, 2.75) is 19.8 Å². The minimum Gasteiger partial charge on any atom is -0.378 e. The number of hydrogen-bond donors (Lipinski definition) is 0. The lowest BCUT2D eigenvalue weighted by molar-refractivity contribution is -0.135. The molecule has 0 atom stereocenters. The Morgan fingerprint density at radius 1 is 1.24 bits per heavy atom. The van der Waals surface area contributed by atoms with E-state index in [1.165, 1.54) is 5.56 Å². The fraction of sp³-hybridized carbons (Fsp3) is 0.412. The second kappa shape index (κ2) is 6.22. The molecule has 4 heteroatoms. The van der Waals surface area contributed by atoms with Gasteiger partial charge in [0.1, 0.15) is 0 Å². The van der Waals surface area contributed by atoms with Gasteiger partial charge in [0.2, 0.25) is 5.91 Å². The second-order valence-electron chi connectivity index (χ2n) is 5.47. The third-order valence-corrected chi connectivity index (χ3v) is 3.88. The van der Waals surface area contributed by atoms with Crippen LogP contribution < -0.4 is 0 Å². The molecule has 0 radical (unpaired) electrons. The molecule has 0 spiro atoms. The average molecular weight is 284 g/mol. The van der Waals surface area contributed by atoms with Crippen LogP contribution in [-0.2, 0) is 16.0 Å². The van der Waals surface area contributed by atoms with Gasteiger partial charge in [-0.05, 0) is 37.1 Å². The SMILES string of the molecule is Cc1ccc2cc(CCC(=O)N3CCOCC3)ccc2n1. The number of benzene rings is 1. The molecule has 4 nitrogen and oxygen atoms in total. The zero-order valence-electron chi connectivity index (χ0n) is 12.3. The van der Waals surface area contributed by atoms with Crippen molar-refractivity contribution in [1.82, 2.24) is 9.88 Å². The van der Waals surface area contributed by atoms with Crippen LogP contribution in [0.25, 0.3) is 10.9 Å². The Morgan fingerprint density at radius 2 is 2.05 bits per heavy atom. The zero-order valence-corrected chi connectivity index (χ0v) is 12.3. The zero-order chi connectivity index (χ0) is 14.7. The van der Waals surface area contributed by atoms with Crippen LogP contribution in [0.2, 0.25) is 0 Å². The van der Waals surface area contributed by atoms with Crippen LogP contribution in [0.3, 0.4) is 0 Å². The number of aryl methyl sites for hydroxylation is 2. The minimum absolute atomic E-state index is 0.223. The number of morpholine rings is 1. The van der Waals surface area contributed by atoms with Gasteiger partial charge < -0.3 is 9.64 Å². The van der Waals surface area contributed by atoms with E-state index in [-0.39, 0.29) is 5.91 Å². The maximum Gasteiger partial charge on any atom is 0.223 e. The topological polar surface area (TPSA) is 42.4 Å². The standard InChI is InChI=1S/C17H20N2O2/c1-13-2-5-15-12-14(3-6-16(15)18-13)4-7-17(20)19-8-10-21-11-9-19/h2-3,5-6,12H,4,7-11H2,1H3. The number of carbonyl (C=O) groups excluding carboxylic acids is 1. The molecule has 0 unspecified atom stereocenters. The van der Waals surface area contributed by atoms with E-state index in [0.29, 0.717) is 19.6 Å². The first kappa shape index (κ1) is 14.0. The molecule has 2 heterocycles. The number of fused-ring (bicyclic) bond motifs is 1. The lowest BCUT2D eigenvalue weighted by atomic mass is 10.1. The number of pyridine rings is 1. The van der Waals surface area contributed by atoms with Crippen molar-refractivity contribution in [1.29, 1.82) is 0 Å².